The number of rotatable bonds is 3. The summed E-state index contributed by atoms with van der Waals surface area (Å²) in [5, 5.41) is 0. The highest BCUT2D eigenvalue weighted by atomic mass is 16.3. The van der Waals surface area contributed by atoms with E-state index in [1.807, 2.05) is 35.5 Å². The van der Waals surface area contributed by atoms with Crippen LogP contribution in [0.15, 0.2) is 53.5 Å². The summed E-state index contributed by atoms with van der Waals surface area (Å²) in [6.07, 6.45) is 9.51. The molecular weight excluding hydrogens is 328 g/mol. The van der Waals surface area contributed by atoms with Crippen molar-refractivity contribution in [2.75, 3.05) is 13.1 Å². The fourth-order valence-corrected chi connectivity index (χ4v) is 4.30. The summed E-state index contributed by atoms with van der Waals surface area (Å²) in [5.74, 6) is 1.99. The molecule has 26 heavy (non-hydrogen) atoms. The van der Waals surface area contributed by atoms with Gasteiger partial charge >= 0.3 is 0 Å². The van der Waals surface area contributed by atoms with E-state index >= 15 is 0 Å². The first-order valence-electron chi connectivity index (χ1n) is 8.97. The van der Waals surface area contributed by atoms with Crippen molar-refractivity contribution in [1.29, 1.82) is 0 Å². The Bertz CT molecular complexity index is 932. The maximum Gasteiger partial charge on any atom is 0.230 e. The minimum atomic E-state index is 0.110. The third kappa shape index (κ3) is 2.53. The Hall–Kier alpha value is -2.89. The number of amides is 1. The molecule has 0 bridgehead atoms. The Kier molecular flexibility index (Phi) is 3.45. The molecule has 1 atom stereocenters. The zero-order valence-electron chi connectivity index (χ0n) is 14.5. The van der Waals surface area contributed by atoms with Gasteiger partial charge in [-0.05, 0) is 30.7 Å². The minimum absolute atomic E-state index is 0.110. The van der Waals surface area contributed by atoms with Crippen LogP contribution in [-0.4, -0.2) is 38.4 Å². The lowest BCUT2D eigenvalue weighted by Gasteiger charge is -2.23. The van der Waals surface area contributed by atoms with Crippen molar-refractivity contribution >= 4 is 5.91 Å². The van der Waals surface area contributed by atoms with Gasteiger partial charge in [0.2, 0.25) is 5.91 Å². The van der Waals surface area contributed by atoms with Crippen LogP contribution in [0.5, 0.6) is 0 Å². The van der Waals surface area contributed by atoms with Gasteiger partial charge in [0.25, 0.3) is 0 Å². The maximum atomic E-state index is 12.6. The Labute approximate surface area is 151 Å². The largest absolute Gasteiger partial charge is 0.469 e. The number of carbonyl (C=O) groups is 1. The lowest BCUT2D eigenvalue weighted by Crippen LogP contribution is -2.34. The molecule has 5 heterocycles. The fraction of sp³-hybridized carbons (Fsp3) is 0.350. The van der Waals surface area contributed by atoms with E-state index in [1.54, 1.807) is 12.5 Å². The minimum Gasteiger partial charge on any atom is -0.469 e. The van der Waals surface area contributed by atoms with Crippen LogP contribution < -0.4 is 0 Å². The molecular formula is C20H20N4O2. The third-order valence-corrected chi connectivity index (χ3v) is 5.62. The lowest BCUT2D eigenvalue weighted by molar-refractivity contribution is -0.130. The van der Waals surface area contributed by atoms with Crippen molar-refractivity contribution in [1.82, 2.24) is 19.4 Å². The zero-order valence-corrected chi connectivity index (χ0v) is 14.5. The Morgan fingerprint density at radius 3 is 3.00 bits per heavy atom. The van der Waals surface area contributed by atoms with Crippen LogP contribution >= 0.6 is 0 Å². The van der Waals surface area contributed by atoms with Crippen LogP contribution in [0, 0.1) is 5.41 Å². The number of fused-ring (bicyclic) bond motifs is 1. The van der Waals surface area contributed by atoms with Gasteiger partial charge < -0.3 is 13.9 Å². The van der Waals surface area contributed by atoms with Crippen molar-refractivity contribution in [3.8, 4) is 11.3 Å². The Balaban J connectivity index is 1.33. The van der Waals surface area contributed by atoms with Crippen molar-refractivity contribution in [3.05, 3.63) is 60.7 Å². The second-order valence-corrected chi connectivity index (χ2v) is 7.39. The molecule has 2 aliphatic rings. The lowest BCUT2D eigenvalue weighted by atomic mass is 9.86. The number of furan rings is 1. The maximum absolute atomic E-state index is 12.6. The van der Waals surface area contributed by atoms with Crippen molar-refractivity contribution < 1.29 is 9.21 Å². The van der Waals surface area contributed by atoms with Crippen molar-refractivity contribution in [3.63, 3.8) is 0 Å². The van der Waals surface area contributed by atoms with E-state index in [-0.39, 0.29) is 11.3 Å². The van der Waals surface area contributed by atoms with E-state index < -0.39 is 0 Å². The SMILES string of the molecule is O=C(Cc1ccco1)N1CC[C@@]2(Cc3ncc(-c4cccnc4)n3C2)C1. The second-order valence-electron chi connectivity index (χ2n) is 7.39. The molecule has 132 valence electrons. The monoisotopic (exact) mass is 348 g/mol. The first kappa shape index (κ1) is 15.4. The summed E-state index contributed by atoms with van der Waals surface area (Å²) in [6, 6.07) is 7.69. The molecule has 3 aromatic heterocycles. The van der Waals surface area contributed by atoms with Gasteiger partial charge in [-0.25, -0.2) is 4.98 Å². The van der Waals surface area contributed by atoms with Gasteiger partial charge in [0.15, 0.2) is 0 Å². The normalized spacial score (nSPS) is 21.5. The van der Waals surface area contributed by atoms with E-state index in [9.17, 15) is 4.79 Å². The number of aromatic nitrogens is 3. The van der Waals surface area contributed by atoms with Gasteiger partial charge in [0.1, 0.15) is 11.6 Å². The first-order valence-corrected chi connectivity index (χ1v) is 8.97. The second kappa shape index (κ2) is 5.83. The summed E-state index contributed by atoms with van der Waals surface area (Å²) >= 11 is 0. The van der Waals surface area contributed by atoms with Gasteiger partial charge in [-0.3, -0.25) is 9.78 Å². The molecule has 0 unspecified atom stereocenters. The van der Waals surface area contributed by atoms with Crippen LogP contribution in [0.2, 0.25) is 0 Å². The van der Waals surface area contributed by atoms with Crippen LogP contribution in [0.4, 0.5) is 0 Å². The zero-order chi connectivity index (χ0) is 17.6. The molecule has 6 heteroatoms. The molecule has 2 aliphatic heterocycles. The van der Waals surface area contributed by atoms with Crippen LogP contribution in [0.3, 0.4) is 0 Å². The van der Waals surface area contributed by atoms with Gasteiger partial charge in [-0.15, -0.1) is 0 Å². The average molecular weight is 348 g/mol. The average Bonchev–Trinajstić information content (AvgIpc) is 3.42. The number of likely N-dealkylation sites (tertiary alicyclic amines) is 1. The molecule has 5 rings (SSSR count). The number of nitrogens with zero attached hydrogens (tertiary/aromatic N) is 4. The predicted molar refractivity (Wildman–Crippen MR) is 95.2 cm³/mol. The summed E-state index contributed by atoms with van der Waals surface area (Å²) in [5.41, 5.74) is 2.32. The van der Waals surface area contributed by atoms with Crippen LogP contribution in [0.25, 0.3) is 11.3 Å². The van der Waals surface area contributed by atoms with Crippen LogP contribution in [0.1, 0.15) is 18.0 Å². The molecule has 1 fully saturated rings. The summed E-state index contributed by atoms with van der Waals surface area (Å²) < 4.78 is 7.62. The fourth-order valence-electron chi connectivity index (χ4n) is 4.30. The van der Waals surface area contributed by atoms with Crippen molar-refractivity contribution in [2.24, 2.45) is 5.41 Å². The number of imidazole rings is 1. The number of hydrogen-bond acceptors (Lipinski definition) is 4. The van der Waals surface area contributed by atoms with Gasteiger partial charge in [-0.2, -0.15) is 0 Å². The number of hydrogen-bond donors (Lipinski definition) is 0. The Morgan fingerprint density at radius 2 is 2.19 bits per heavy atom. The van der Waals surface area contributed by atoms with E-state index in [0.717, 1.165) is 55.3 Å². The van der Waals surface area contributed by atoms with Gasteiger partial charge in [-0.1, -0.05) is 0 Å². The smallest absolute Gasteiger partial charge is 0.230 e. The molecule has 0 saturated carbocycles. The third-order valence-electron chi connectivity index (χ3n) is 5.62. The number of carbonyl (C=O) groups excluding carboxylic acids is 1. The summed E-state index contributed by atoms with van der Waals surface area (Å²) in [4.78, 5) is 23.4. The van der Waals surface area contributed by atoms with E-state index in [4.69, 9.17) is 4.42 Å². The molecule has 1 amide bonds. The van der Waals surface area contributed by atoms with E-state index in [2.05, 4.69) is 20.6 Å². The quantitative estimate of drug-likeness (QED) is 0.730. The molecule has 3 aromatic rings. The highest BCUT2D eigenvalue weighted by molar-refractivity contribution is 5.78. The highest BCUT2D eigenvalue weighted by Gasteiger charge is 2.45. The molecule has 1 saturated heterocycles. The molecule has 0 N–H and O–H groups in total. The van der Waals surface area contributed by atoms with E-state index in [0.29, 0.717) is 6.42 Å². The Morgan fingerprint density at radius 1 is 1.23 bits per heavy atom. The molecule has 0 aliphatic carbocycles. The van der Waals surface area contributed by atoms with Crippen molar-refractivity contribution in [2.45, 2.75) is 25.8 Å². The predicted octanol–water partition coefficient (Wildman–Crippen LogP) is 2.56. The molecule has 0 aromatic carbocycles. The first-order chi connectivity index (χ1) is 12.7. The van der Waals surface area contributed by atoms with E-state index in [1.165, 1.54) is 0 Å². The van der Waals surface area contributed by atoms with Gasteiger partial charge in [0, 0.05) is 49.4 Å². The van der Waals surface area contributed by atoms with Gasteiger partial charge in [0.05, 0.1) is 24.6 Å². The molecule has 1 spiro atoms. The molecule has 6 nitrogen and oxygen atoms in total. The summed E-state index contributed by atoms with van der Waals surface area (Å²) in [6.45, 7) is 2.52. The summed E-state index contributed by atoms with van der Waals surface area (Å²) in [7, 11) is 0. The highest BCUT2D eigenvalue weighted by Crippen LogP contribution is 2.42. The van der Waals surface area contributed by atoms with Crippen LogP contribution in [-0.2, 0) is 24.2 Å². The standard InChI is InChI=1S/C20H20N4O2/c25-19(9-16-4-2-8-26-16)23-7-5-20(13-23)10-18-22-12-17(24(18)14-20)15-3-1-6-21-11-15/h1-4,6,8,11-12H,5,7,9-10,13-14H2/t20-/m1/s1. The number of pyridine rings is 1. The molecule has 0 radical (unpaired) electrons. The topological polar surface area (TPSA) is 64.2 Å².